The van der Waals surface area contributed by atoms with E-state index in [4.69, 9.17) is 17.3 Å². The molecule has 0 aliphatic carbocycles. The van der Waals surface area contributed by atoms with Crippen molar-refractivity contribution >= 4 is 11.6 Å². The number of hydrogen-bond acceptors (Lipinski definition) is 4. The fourth-order valence-electron chi connectivity index (χ4n) is 1.82. The maximum Gasteiger partial charge on any atom is 0.164 e. The summed E-state index contributed by atoms with van der Waals surface area (Å²) in [5.74, 6) is 0.629. The molecule has 2 heterocycles. The smallest absolute Gasteiger partial charge is 0.164 e. The number of halogens is 1. The summed E-state index contributed by atoms with van der Waals surface area (Å²) in [6.07, 6.45) is 2.49. The van der Waals surface area contributed by atoms with Crippen LogP contribution in [-0.2, 0) is 26.1 Å². The Morgan fingerprint density at radius 3 is 2.67 bits per heavy atom. The monoisotopic (exact) mass is 268 g/mol. The van der Waals surface area contributed by atoms with Gasteiger partial charge in [0.1, 0.15) is 6.33 Å². The van der Waals surface area contributed by atoms with Crippen molar-refractivity contribution in [3.05, 3.63) is 28.6 Å². The van der Waals surface area contributed by atoms with Gasteiger partial charge in [-0.2, -0.15) is 10.2 Å². The van der Waals surface area contributed by atoms with E-state index < -0.39 is 0 Å². The minimum absolute atomic E-state index is 0.341. The van der Waals surface area contributed by atoms with Gasteiger partial charge in [0.25, 0.3) is 0 Å². The van der Waals surface area contributed by atoms with Crippen LogP contribution in [0, 0.1) is 0 Å². The number of nitrogens with two attached hydrogens (primary N) is 1. The van der Waals surface area contributed by atoms with Crippen LogP contribution in [-0.4, -0.2) is 24.5 Å². The van der Waals surface area contributed by atoms with E-state index >= 15 is 0 Å². The van der Waals surface area contributed by atoms with Gasteiger partial charge in [-0.15, -0.1) is 0 Å². The summed E-state index contributed by atoms with van der Waals surface area (Å²) in [4.78, 5) is 4.10. The van der Waals surface area contributed by atoms with Gasteiger partial charge in [0.15, 0.2) is 5.82 Å². The summed E-state index contributed by atoms with van der Waals surface area (Å²) < 4.78 is 3.64. The summed E-state index contributed by atoms with van der Waals surface area (Å²) in [5, 5.41) is 9.45. The van der Waals surface area contributed by atoms with Crippen molar-refractivity contribution < 1.29 is 0 Å². The zero-order chi connectivity index (χ0) is 13.1. The van der Waals surface area contributed by atoms with Crippen LogP contribution in [0.1, 0.15) is 31.1 Å². The Labute approximate surface area is 111 Å². The van der Waals surface area contributed by atoms with Crippen LogP contribution in [0.15, 0.2) is 6.33 Å². The Morgan fingerprint density at radius 2 is 2.11 bits per heavy atom. The first-order valence-corrected chi connectivity index (χ1v) is 6.39. The lowest BCUT2D eigenvalue weighted by atomic mass is 10.3. The fourth-order valence-corrected chi connectivity index (χ4v) is 2.15. The van der Waals surface area contributed by atoms with E-state index in [0.29, 0.717) is 18.9 Å². The molecule has 0 aliphatic rings. The lowest BCUT2D eigenvalue weighted by Gasteiger charge is -2.04. The molecule has 0 aliphatic heterocycles. The molecule has 2 rings (SSSR count). The molecule has 18 heavy (non-hydrogen) atoms. The van der Waals surface area contributed by atoms with E-state index in [0.717, 1.165) is 29.4 Å². The summed E-state index contributed by atoms with van der Waals surface area (Å²) in [7, 11) is 0. The van der Waals surface area contributed by atoms with E-state index in [1.54, 1.807) is 11.0 Å². The molecule has 0 amide bonds. The van der Waals surface area contributed by atoms with Crippen LogP contribution < -0.4 is 5.73 Å². The predicted octanol–water partition coefficient (Wildman–Crippen LogP) is 1.22. The molecule has 0 saturated carbocycles. The number of aryl methyl sites for hydroxylation is 2. The molecule has 0 saturated heterocycles. The van der Waals surface area contributed by atoms with Crippen molar-refractivity contribution in [2.45, 2.75) is 39.9 Å². The van der Waals surface area contributed by atoms with E-state index in [1.807, 2.05) is 18.5 Å². The molecule has 0 spiro atoms. The molecule has 2 N–H and O–H groups in total. The molecule has 0 unspecified atom stereocenters. The molecule has 0 atom stereocenters. The topological polar surface area (TPSA) is 74.5 Å². The standard InChI is InChI=1S/C11H17ClN6/c1-3-8-11(12)9(18(4-2)15-8)6-17-7-14-10(5-13)16-17/h7H,3-6,13H2,1-2H3. The van der Waals surface area contributed by atoms with Gasteiger partial charge in [0.05, 0.1) is 29.5 Å². The van der Waals surface area contributed by atoms with Crippen molar-refractivity contribution in [3.63, 3.8) is 0 Å². The van der Waals surface area contributed by atoms with Crippen LogP contribution in [0.4, 0.5) is 0 Å². The van der Waals surface area contributed by atoms with Gasteiger partial charge < -0.3 is 5.73 Å². The Bertz CT molecular complexity index is 530. The van der Waals surface area contributed by atoms with Crippen LogP contribution in [0.25, 0.3) is 0 Å². The summed E-state index contributed by atoms with van der Waals surface area (Å²) in [6.45, 7) is 5.77. The molecule has 2 aromatic rings. The first kappa shape index (κ1) is 13.0. The van der Waals surface area contributed by atoms with Crippen LogP contribution in [0.5, 0.6) is 0 Å². The molecule has 7 heteroatoms. The first-order valence-electron chi connectivity index (χ1n) is 6.02. The van der Waals surface area contributed by atoms with Gasteiger partial charge >= 0.3 is 0 Å². The fraction of sp³-hybridized carbons (Fsp3) is 0.545. The average molecular weight is 269 g/mol. The molecule has 0 aromatic carbocycles. The maximum atomic E-state index is 6.33. The quantitative estimate of drug-likeness (QED) is 0.885. The lowest BCUT2D eigenvalue weighted by molar-refractivity contribution is 0.570. The van der Waals surface area contributed by atoms with Crippen molar-refractivity contribution in [1.29, 1.82) is 0 Å². The van der Waals surface area contributed by atoms with Gasteiger partial charge in [-0.3, -0.25) is 4.68 Å². The van der Waals surface area contributed by atoms with Crippen LogP contribution >= 0.6 is 11.6 Å². The molecule has 0 radical (unpaired) electrons. The third kappa shape index (κ3) is 2.39. The molecular weight excluding hydrogens is 252 g/mol. The zero-order valence-electron chi connectivity index (χ0n) is 10.6. The number of rotatable bonds is 5. The Balaban J connectivity index is 2.29. The Hall–Kier alpha value is -1.40. The Kier molecular flexibility index (Phi) is 3.98. The van der Waals surface area contributed by atoms with Crippen molar-refractivity contribution in [1.82, 2.24) is 24.5 Å². The first-order chi connectivity index (χ1) is 8.69. The normalized spacial score (nSPS) is 11.1. The number of aromatic nitrogens is 5. The van der Waals surface area contributed by atoms with Gasteiger partial charge in [0.2, 0.25) is 0 Å². The molecular formula is C11H17ClN6. The molecule has 98 valence electrons. The molecule has 2 aromatic heterocycles. The highest BCUT2D eigenvalue weighted by atomic mass is 35.5. The Morgan fingerprint density at radius 1 is 1.33 bits per heavy atom. The van der Waals surface area contributed by atoms with E-state index in [-0.39, 0.29) is 0 Å². The van der Waals surface area contributed by atoms with Gasteiger partial charge in [-0.1, -0.05) is 18.5 Å². The van der Waals surface area contributed by atoms with E-state index in [2.05, 4.69) is 15.2 Å². The second-order valence-corrected chi connectivity index (χ2v) is 4.32. The van der Waals surface area contributed by atoms with Gasteiger partial charge in [-0.05, 0) is 13.3 Å². The maximum absolute atomic E-state index is 6.33. The van der Waals surface area contributed by atoms with Gasteiger partial charge in [-0.25, -0.2) is 9.67 Å². The second-order valence-electron chi connectivity index (χ2n) is 3.94. The van der Waals surface area contributed by atoms with Crippen LogP contribution in [0.2, 0.25) is 5.02 Å². The third-order valence-corrected chi connectivity index (χ3v) is 3.21. The van der Waals surface area contributed by atoms with Crippen molar-refractivity contribution in [3.8, 4) is 0 Å². The highest BCUT2D eigenvalue weighted by Gasteiger charge is 2.15. The minimum atomic E-state index is 0.341. The number of nitrogens with zero attached hydrogens (tertiary/aromatic N) is 5. The summed E-state index contributed by atoms with van der Waals surface area (Å²) >= 11 is 6.33. The SMILES string of the molecule is CCc1nn(CC)c(Cn2cnc(CN)n2)c1Cl. The van der Waals surface area contributed by atoms with Crippen LogP contribution in [0.3, 0.4) is 0 Å². The van der Waals surface area contributed by atoms with E-state index in [9.17, 15) is 0 Å². The lowest BCUT2D eigenvalue weighted by Crippen LogP contribution is -2.09. The minimum Gasteiger partial charge on any atom is -0.324 e. The zero-order valence-corrected chi connectivity index (χ0v) is 11.4. The summed E-state index contributed by atoms with van der Waals surface area (Å²) in [5.41, 5.74) is 7.37. The second kappa shape index (κ2) is 5.49. The molecule has 0 bridgehead atoms. The van der Waals surface area contributed by atoms with Crippen molar-refractivity contribution in [2.75, 3.05) is 0 Å². The predicted molar refractivity (Wildman–Crippen MR) is 69.3 cm³/mol. The summed E-state index contributed by atoms with van der Waals surface area (Å²) in [6, 6.07) is 0. The van der Waals surface area contributed by atoms with Crippen molar-refractivity contribution in [2.24, 2.45) is 5.73 Å². The molecule has 6 nitrogen and oxygen atoms in total. The third-order valence-electron chi connectivity index (χ3n) is 2.77. The van der Waals surface area contributed by atoms with E-state index in [1.165, 1.54) is 0 Å². The van der Waals surface area contributed by atoms with Gasteiger partial charge in [0, 0.05) is 6.54 Å². The highest BCUT2D eigenvalue weighted by Crippen LogP contribution is 2.22. The largest absolute Gasteiger partial charge is 0.324 e. The number of hydrogen-bond donors (Lipinski definition) is 1. The molecule has 0 fully saturated rings. The average Bonchev–Trinajstić information content (AvgIpc) is 2.96. The highest BCUT2D eigenvalue weighted by molar-refractivity contribution is 6.31.